The van der Waals surface area contributed by atoms with Gasteiger partial charge in [0.1, 0.15) is 11.3 Å². The lowest BCUT2D eigenvalue weighted by molar-refractivity contribution is 0.279. The number of nitrogens with one attached hydrogen (secondary N) is 1. The van der Waals surface area contributed by atoms with Gasteiger partial charge in [-0.2, -0.15) is 0 Å². The molecule has 0 unspecified atom stereocenters. The minimum atomic E-state index is -0.290. The highest BCUT2D eigenvalue weighted by Crippen LogP contribution is 2.37. The van der Waals surface area contributed by atoms with E-state index in [-0.39, 0.29) is 17.6 Å². The Morgan fingerprint density at radius 3 is 2.84 bits per heavy atom. The molecule has 4 aromatic rings. The van der Waals surface area contributed by atoms with Gasteiger partial charge in [-0.25, -0.2) is 15.0 Å². The summed E-state index contributed by atoms with van der Waals surface area (Å²) >= 11 is 0. The number of rotatable bonds is 5. The van der Waals surface area contributed by atoms with Crippen LogP contribution in [0.15, 0.2) is 52.8 Å². The highest BCUT2D eigenvalue weighted by atomic mass is 16.3. The maximum atomic E-state index is 13.6. The highest BCUT2D eigenvalue weighted by molar-refractivity contribution is 6.04. The van der Waals surface area contributed by atoms with Gasteiger partial charge in [-0.15, -0.1) is 5.10 Å². The third-order valence-electron chi connectivity index (χ3n) is 7.19. The van der Waals surface area contributed by atoms with E-state index in [0.717, 1.165) is 36.4 Å². The standard InChI is InChI=1S/C27H31N9O2/c1-5-34-15-24(30-32-34)29-18-11-21(31-33(4)14-18)19-6-7-28-25(20(19)16-37)36-9-8-35-22(26(36)38)10-17-12-27(2,3)13-23(17)35/h6-11,15,31,37H,5,12-14,16H2,1-4H3. The number of aliphatic imine (C=N–C) groups is 1. The van der Waals surface area contributed by atoms with Crippen molar-refractivity contribution in [2.75, 3.05) is 13.6 Å². The minimum absolute atomic E-state index is 0.164. The van der Waals surface area contributed by atoms with E-state index in [4.69, 9.17) is 0 Å². The van der Waals surface area contributed by atoms with E-state index in [1.54, 1.807) is 23.3 Å². The summed E-state index contributed by atoms with van der Waals surface area (Å²) in [6.45, 7) is 7.48. The summed E-state index contributed by atoms with van der Waals surface area (Å²) in [5.74, 6) is 0.937. The molecular formula is C27H31N9O2. The number of pyridine rings is 1. The number of hydrogen-bond donors (Lipinski definition) is 2. The maximum Gasteiger partial charge on any atom is 0.280 e. The monoisotopic (exact) mass is 513 g/mol. The zero-order valence-electron chi connectivity index (χ0n) is 22.0. The first-order chi connectivity index (χ1) is 18.3. The van der Waals surface area contributed by atoms with Gasteiger partial charge in [0, 0.05) is 49.0 Å². The summed E-state index contributed by atoms with van der Waals surface area (Å²) in [6.07, 6.45) is 10.9. The van der Waals surface area contributed by atoms with Crippen LogP contribution < -0.4 is 11.0 Å². The SMILES string of the molecule is CCn1cc(N=C2C=C(c3ccnc(-n4ccn5c6c(cc5c4=O)CC(C)(C)C6)c3CO)NN(C)C2)nn1. The third kappa shape index (κ3) is 4.13. The molecule has 4 aromatic heterocycles. The number of aliphatic hydroxyl groups is 1. The Morgan fingerprint density at radius 1 is 1.24 bits per heavy atom. The molecule has 1 aliphatic carbocycles. The molecule has 1 aliphatic heterocycles. The molecule has 196 valence electrons. The molecule has 11 heteroatoms. The number of nitrogens with zero attached hydrogens (tertiary/aromatic N) is 8. The Balaban J connectivity index is 1.43. The Bertz CT molecular complexity index is 1670. The first kappa shape index (κ1) is 24.3. The van der Waals surface area contributed by atoms with Gasteiger partial charge in [-0.3, -0.25) is 14.0 Å². The van der Waals surface area contributed by atoms with Crippen molar-refractivity contribution in [3.05, 3.63) is 75.7 Å². The lowest BCUT2D eigenvalue weighted by Gasteiger charge is -2.27. The Labute approximate surface area is 219 Å². The van der Waals surface area contributed by atoms with Crippen molar-refractivity contribution < 1.29 is 5.11 Å². The highest BCUT2D eigenvalue weighted by Gasteiger charge is 2.32. The van der Waals surface area contributed by atoms with Crippen molar-refractivity contribution in [1.82, 2.24) is 39.4 Å². The van der Waals surface area contributed by atoms with Crippen molar-refractivity contribution in [3.8, 4) is 5.82 Å². The predicted molar refractivity (Wildman–Crippen MR) is 144 cm³/mol. The Hall–Kier alpha value is -4.09. The van der Waals surface area contributed by atoms with Crippen LogP contribution in [0.3, 0.4) is 0 Å². The first-order valence-corrected chi connectivity index (χ1v) is 12.8. The molecule has 0 fully saturated rings. The number of hydrazine groups is 1. The topological polar surface area (TPSA) is 118 Å². The van der Waals surface area contributed by atoms with Crippen LogP contribution in [0, 0.1) is 5.41 Å². The molecule has 0 amide bonds. The molecule has 0 saturated carbocycles. The quantitative estimate of drug-likeness (QED) is 0.420. The van der Waals surface area contributed by atoms with E-state index >= 15 is 0 Å². The van der Waals surface area contributed by atoms with E-state index in [9.17, 15) is 9.90 Å². The van der Waals surface area contributed by atoms with Crippen LogP contribution in [0.25, 0.3) is 17.0 Å². The molecule has 38 heavy (non-hydrogen) atoms. The van der Waals surface area contributed by atoms with Crippen molar-refractivity contribution in [2.24, 2.45) is 10.4 Å². The van der Waals surface area contributed by atoms with Gasteiger partial charge in [0.25, 0.3) is 5.56 Å². The maximum absolute atomic E-state index is 13.6. The zero-order chi connectivity index (χ0) is 26.6. The van der Waals surface area contributed by atoms with Crippen molar-refractivity contribution in [1.29, 1.82) is 0 Å². The lowest BCUT2D eigenvalue weighted by atomic mass is 9.90. The number of aliphatic hydroxyl groups excluding tert-OH is 1. The summed E-state index contributed by atoms with van der Waals surface area (Å²) in [5, 5.41) is 20.5. The lowest BCUT2D eigenvalue weighted by Crippen LogP contribution is -2.41. The van der Waals surface area contributed by atoms with Gasteiger partial charge in [-0.1, -0.05) is 19.1 Å². The molecule has 0 saturated heterocycles. The van der Waals surface area contributed by atoms with Gasteiger partial charge in [-0.05, 0) is 49.0 Å². The second kappa shape index (κ2) is 9.03. The fourth-order valence-corrected chi connectivity index (χ4v) is 5.50. The van der Waals surface area contributed by atoms with Crippen LogP contribution in [0.4, 0.5) is 5.82 Å². The molecule has 0 radical (unpaired) electrons. The van der Waals surface area contributed by atoms with Crippen molar-refractivity contribution in [3.63, 3.8) is 0 Å². The van der Waals surface area contributed by atoms with Gasteiger partial charge in [0.05, 0.1) is 30.8 Å². The summed E-state index contributed by atoms with van der Waals surface area (Å²) in [5.41, 5.74) is 9.22. The second-order valence-corrected chi connectivity index (χ2v) is 10.7. The second-order valence-electron chi connectivity index (χ2n) is 10.7. The van der Waals surface area contributed by atoms with E-state index in [1.165, 1.54) is 15.8 Å². The number of fused-ring (bicyclic) bond motifs is 3. The molecule has 5 heterocycles. The van der Waals surface area contributed by atoms with E-state index < -0.39 is 0 Å². The Kier molecular flexibility index (Phi) is 5.77. The normalized spacial score (nSPS) is 18.1. The van der Waals surface area contributed by atoms with Crippen molar-refractivity contribution in [2.45, 2.75) is 46.8 Å². The number of aromatic nitrogens is 6. The van der Waals surface area contributed by atoms with Crippen LogP contribution in [0.1, 0.15) is 43.2 Å². The smallest absolute Gasteiger partial charge is 0.280 e. The van der Waals surface area contributed by atoms with Crippen LogP contribution in [0.2, 0.25) is 0 Å². The predicted octanol–water partition coefficient (Wildman–Crippen LogP) is 2.28. The van der Waals surface area contributed by atoms with Crippen LogP contribution in [-0.2, 0) is 26.0 Å². The fraction of sp³-hybridized carbons (Fsp3) is 0.370. The zero-order valence-corrected chi connectivity index (χ0v) is 22.0. The van der Waals surface area contributed by atoms with Gasteiger partial charge in [0.2, 0.25) is 0 Å². The molecule has 2 aliphatic rings. The largest absolute Gasteiger partial charge is 0.392 e. The third-order valence-corrected chi connectivity index (χ3v) is 7.19. The summed E-state index contributed by atoms with van der Waals surface area (Å²) in [4.78, 5) is 22.8. The molecule has 0 bridgehead atoms. The first-order valence-electron chi connectivity index (χ1n) is 12.8. The van der Waals surface area contributed by atoms with Crippen LogP contribution in [0.5, 0.6) is 0 Å². The molecule has 0 atom stereocenters. The number of aryl methyl sites for hydroxylation is 1. The van der Waals surface area contributed by atoms with Gasteiger partial charge in [0.15, 0.2) is 5.82 Å². The molecule has 0 aromatic carbocycles. The molecule has 0 spiro atoms. The molecule has 6 rings (SSSR count). The fourth-order valence-electron chi connectivity index (χ4n) is 5.50. The molecular weight excluding hydrogens is 482 g/mol. The molecule has 2 N–H and O–H groups in total. The average Bonchev–Trinajstić information content (AvgIpc) is 3.56. The van der Waals surface area contributed by atoms with Crippen LogP contribution in [-0.4, -0.2) is 58.4 Å². The number of hydrogen-bond acceptors (Lipinski definition) is 8. The van der Waals surface area contributed by atoms with E-state index in [1.807, 2.05) is 47.8 Å². The van der Waals surface area contributed by atoms with Gasteiger partial charge >= 0.3 is 0 Å². The Morgan fingerprint density at radius 2 is 2.08 bits per heavy atom. The van der Waals surface area contributed by atoms with E-state index in [0.29, 0.717) is 29.3 Å². The molecule has 11 nitrogen and oxygen atoms in total. The van der Waals surface area contributed by atoms with E-state index in [2.05, 4.69) is 39.6 Å². The summed E-state index contributed by atoms with van der Waals surface area (Å²) in [7, 11) is 1.91. The summed E-state index contributed by atoms with van der Waals surface area (Å²) in [6, 6.07) is 3.83. The van der Waals surface area contributed by atoms with Crippen LogP contribution >= 0.6 is 0 Å². The van der Waals surface area contributed by atoms with Gasteiger partial charge < -0.3 is 14.9 Å². The van der Waals surface area contributed by atoms with Crippen molar-refractivity contribution >= 4 is 22.7 Å². The average molecular weight is 514 g/mol. The minimum Gasteiger partial charge on any atom is -0.392 e. The summed E-state index contributed by atoms with van der Waals surface area (Å²) < 4.78 is 5.25.